The lowest BCUT2D eigenvalue weighted by atomic mass is 9.94. The molecule has 1 aliphatic rings. The number of rotatable bonds is 7. The van der Waals surface area contributed by atoms with E-state index in [2.05, 4.69) is 18.5 Å². The Morgan fingerprint density at radius 1 is 1.33 bits per heavy atom. The molecule has 15 heavy (non-hydrogen) atoms. The van der Waals surface area contributed by atoms with Gasteiger partial charge in [0.15, 0.2) is 0 Å². The first-order valence-corrected chi connectivity index (χ1v) is 6.25. The molecule has 1 rings (SSSR count). The summed E-state index contributed by atoms with van der Waals surface area (Å²) in [4.78, 5) is 2.40. The van der Waals surface area contributed by atoms with Crippen LogP contribution in [0.3, 0.4) is 0 Å². The standard InChI is InChI=1S/C13H26N2/c1-3-4-7-11-15(2)12-10-13(14)8-5-6-9-13/h3H,1,4-12,14H2,2H3. The van der Waals surface area contributed by atoms with Crippen molar-refractivity contribution in [2.24, 2.45) is 5.73 Å². The number of nitrogens with zero attached hydrogens (tertiary/aromatic N) is 1. The van der Waals surface area contributed by atoms with Crippen molar-refractivity contribution < 1.29 is 0 Å². The molecule has 0 amide bonds. The zero-order valence-corrected chi connectivity index (χ0v) is 10.2. The van der Waals surface area contributed by atoms with E-state index in [9.17, 15) is 0 Å². The third-order valence-corrected chi connectivity index (χ3v) is 3.54. The maximum atomic E-state index is 6.32. The first kappa shape index (κ1) is 12.7. The average Bonchev–Trinajstić information content (AvgIpc) is 2.64. The number of unbranched alkanes of at least 4 members (excludes halogenated alkanes) is 1. The molecule has 0 bridgehead atoms. The minimum absolute atomic E-state index is 0.159. The van der Waals surface area contributed by atoms with Gasteiger partial charge in [0.1, 0.15) is 0 Å². The maximum Gasteiger partial charge on any atom is 0.0166 e. The van der Waals surface area contributed by atoms with E-state index in [0.717, 1.165) is 19.4 Å². The van der Waals surface area contributed by atoms with Gasteiger partial charge in [-0.2, -0.15) is 0 Å². The fourth-order valence-electron chi connectivity index (χ4n) is 2.36. The van der Waals surface area contributed by atoms with Gasteiger partial charge < -0.3 is 10.6 Å². The predicted molar refractivity (Wildman–Crippen MR) is 66.9 cm³/mol. The largest absolute Gasteiger partial charge is 0.325 e. The van der Waals surface area contributed by atoms with Crippen molar-refractivity contribution >= 4 is 0 Å². The summed E-state index contributed by atoms with van der Waals surface area (Å²) in [7, 11) is 2.20. The second-order valence-electron chi connectivity index (χ2n) is 5.05. The molecule has 0 aromatic carbocycles. The molecular weight excluding hydrogens is 184 g/mol. The van der Waals surface area contributed by atoms with Crippen molar-refractivity contribution in [1.82, 2.24) is 4.90 Å². The van der Waals surface area contributed by atoms with Gasteiger partial charge in [-0.3, -0.25) is 0 Å². The minimum Gasteiger partial charge on any atom is -0.325 e. The van der Waals surface area contributed by atoms with E-state index in [-0.39, 0.29) is 5.54 Å². The minimum atomic E-state index is 0.159. The summed E-state index contributed by atoms with van der Waals surface area (Å²) in [6.07, 6.45) is 10.6. The molecule has 2 heteroatoms. The lowest BCUT2D eigenvalue weighted by Crippen LogP contribution is -2.40. The Morgan fingerprint density at radius 3 is 2.60 bits per heavy atom. The molecule has 0 aliphatic heterocycles. The summed E-state index contributed by atoms with van der Waals surface area (Å²) in [5, 5.41) is 0. The molecule has 1 aliphatic carbocycles. The monoisotopic (exact) mass is 210 g/mol. The van der Waals surface area contributed by atoms with Gasteiger partial charge in [0, 0.05) is 5.54 Å². The number of hydrogen-bond acceptors (Lipinski definition) is 2. The van der Waals surface area contributed by atoms with Crippen molar-refractivity contribution in [1.29, 1.82) is 0 Å². The van der Waals surface area contributed by atoms with Crippen molar-refractivity contribution in [2.75, 3.05) is 20.1 Å². The molecule has 0 aromatic heterocycles. The van der Waals surface area contributed by atoms with Crippen LogP contribution in [0, 0.1) is 0 Å². The van der Waals surface area contributed by atoms with E-state index in [0.29, 0.717) is 0 Å². The van der Waals surface area contributed by atoms with Crippen LogP contribution in [-0.4, -0.2) is 30.6 Å². The molecule has 1 fully saturated rings. The Balaban J connectivity index is 2.10. The van der Waals surface area contributed by atoms with Crippen molar-refractivity contribution in [2.45, 2.75) is 50.5 Å². The normalized spacial score (nSPS) is 19.7. The molecule has 0 spiro atoms. The topological polar surface area (TPSA) is 29.3 Å². The highest BCUT2D eigenvalue weighted by atomic mass is 15.1. The Bertz CT molecular complexity index is 183. The SMILES string of the molecule is C=CCCCN(C)CCC1(N)CCCC1. The molecule has 2 N–H and O–H groups in total. The lowest BCUT2D eigenvalue weighted by molar-refractivity contribution is 0.277. The quantitative estimate of drug-likeness (QED) is 0.517. The second-order valence-corrected chi connectivity index (χ2v) is 5.05. The average molecular weight is 210 g/mol. The fraction of sp³-hybridized carbons (Fsp3) is 0.846. The Hall–Kier alpha value is -0.340. The van der Waals surface area contributed by atoms with Crippen LogP contribution in [0.4, 0.5) is 0 Å². The van der Waals surface area contributed by atoms with Crippen molar-refractivity contribution in [3.8, 4) is 0 Å². The predicted octanol–water partition coefficient (Wildman–Crippen LogP) is 2.55. The van der Waals surface area contributed by atoms with Crippen LogP contribution in [0.5, 0.6) is 0 Å². The van der Waals surface area contributed by atoms with Crippen LogP contribution in [0.15, 0.2) is 12.7 Å². The molecular formula is C13H26N2. The molecule has 0 heterocycles. The molecule has 0 radical (unpaired) electrons. The summed E-state index contributed by atoms with van der Waals surface area (Å²) >= 11 is 0. The number of allylic oxidation sites excluding steroid dienone is 1. The van der Waals surface area contributed by atoms with Crippen LogP contribution in [0.1, 0.15) is 44.9 Å². The Morgan fingerprint density at radius 2 is 2.00 bits per heavy atom. The highest BCUT2D eigenvalue weighted by molar-refractivity contribution is 4.89. The fourth-order valence-corrected chi connectivity index (χ4v) is 2.36. The van der Waals surface area contributed by atoms with E-state index in [1.807, 2.05) is 6.08 Å². The zero-order valence-electron chi connectivity index (χ0n) is 10.2. The molecule has 2 nitrogen and oxygen atoms in total. The maximum absolute atomic E-state index is 6.32. The summed E-state index contributed by atoms with van der Waals surface area (Å²) in [6.45, 7) is 6.05. The molecule has 0 aromatic rings. The third kappa shape index (κ3) is 4.80. The van der Waals surface area contributed by atoms with Gasteiger partial charge in [-0.15, -0.1) is 6.58 Å². The van der Waals surface area contributed by atoms with Crippen molar-refractivity contribution in [3.63, 3.8) is 0 Å². The van der Waals surface area contributed by atoms with Gasteiger partial charge in [0.05, 0.1) is 0 Å². The van der Waals surface area contributed by atoms with E-state index in [1.165, 1.54) is 38.6 Å². The van der Waals surface area contributed by atoms with Gasteiger partial charge in [-0.1, -0.05) is 18.9 Å². The van der Waals surface area contributed by atoms with Crippen molar-refractivity contribution in [3.05, 3.63) is 12.7 Å². The first-order valence-electron chi connectivity index (χ1n) is 6.25. The highest BCUT2D eigenvalue weighted by Crippen LogP contribution is 2.29. The molecule has 0 unspecified atom stereocenters. The Labute approximate surface area is 94.5 Å². The molecule has 88 valence electrons. The molecule has 0 saturated heterocycles. The zero-order chi connectivity index (χ0) is 11.1. The van der Waals surface area contributed by atoms with Gasteiger partial charge in [-0.25, -0.2) is 0 Å². The molecule has 0 atom stereocenters. The Kier molecular flexibility index (Phi) is 5.34. The first-order chi connectivity index (χ1) is 7.16. The van der Waals surface area contributed by atoms with E-state index in [4.69, 9.17) is 5.73 Å². The van der Waals surface area contributed by atoms with E-state index < -0.39 is 0 Å². The van der Waals surface area contributed by atoms with Crippen LogP contribution >= 0.6 is 0 Å². The third-order valence-electron chi connectivity index (χ3n) is 3.54. The van der Waals surface area contributed by atoms with E-state index in [1.54, 1.807) is 0 Å². The lowest BCUT2D eigenvalue weighted by Gasteiger charge is -2.26. The summed E-state index contributed by atoms with van der Waals surface area (Å²) in [5.41, 5.74) is 6.48. The van der Waals surface area contributed by atoms with E-state index >= 15 is 0 Å². The van der Waals surface area contributed by atoms with Crippen LogP contribution in [0.25, 0.3) is 0 Å². The van der Waals surface area contributed by atoms with Gasteiger partial charge in [0.2, 0.25) is 0 Å². The number of nitrogens with two attached hydrogens (primary N) is 1. The summed E-state index contributed by atoms with van der Waals surface area (Å²) < 4.78 is 0. The molecule has 1 saturated carbocycles. The summed E-state index contributed by atoms with van der Waals surface area (Å²) in [5.74, 6) is 0. The summed E-state index contributed by atoms with van der Waals surface area (Å²) in [6, 6.07) is 0. The van der Waals surface area contributed by atoms with Crippen LogP contribution in [0.2, 0.25) is 0 Å². The second kappa shape index (κ2) is 6.29. The van der Waals surface area contributed by atoms with Crippen LogP contribution < -0.4 is 5.73 Å². The van der Waals surface area contributed by atoms with Gasteiger partial charge in [0.25, 0.3) is 0 Å². The number of hydrogen-bond donors (Lipinski definition) is 1. The van der Waals surface area contributed by atoms with Crippen LogP contribution in [-0.2, 0) is 0 Å². The van der Waals surface area contributed by atoms with Gasteiger partial charge in [-0.05, 0) is 52.2 Å². The highest BCUT2D eigenvalue weighted by Gasteiger charge is 2.28. The smallest absolute Gasteiger partial charge is 0.0166 e. The van der Waals surface area contributed by atoms with Gasteiger partial charge >= 0.3 is 0 Å².